The summed E-state index contributed by atoms with van der Waals surface area (Å²) < 4.78 is 0. The lowest BCUT2D eigenvalue weighted by Gasteiger charge is -2.32. The number of rotatable bonds is 3. The first-order valence-corrected chi connectivity index (χ1v) is 8.00. The number of carbonyl (C=O) groups excluding carboxylic acids is 3. The van der Waals surface area contributed by atoms with Crippen molar-refractivity contribution in [3.8, 4) is 0 Å². The van der Waals surface area contributed by atoms with Gasteiger partial charge in [0.25, 0.3) is 0 Å². The number of hydrogen-bond donors (Lipinski definition) is 1. The van der Waals surface area contributed by atoms with Gasteiger partial charge in [-0.2, -0.15) is 0 Å². The van der Waals surface area contributed by atoms with Crippen molar-refractivity contribution in [2.45, 2.75) is 19.3 Å². The Morgan fingerprint density at radius 1 is 1.04 bits per heavy atom. The molecule has 23 heavy (non-hydrogen) atoms. The van der Waals surface area contributed by atoms with Crippen molar-refractivity contribution in [1.29, 1.82) is 0 Å². The van der Waals surface area contributed by atoms with Crippen molar-refractivity contribution in [3.05, 3.63) is 30.3 Å². The fourth-order valence-corrected chi connectivity index (χ4v) is 3.37. The van der Waals surface area contributed by atoms with E-state index in [1.165, 1.54) is 0 Å². The number of amides is 3. The molecule has 0 saturated carbocycles. The van der Waals surface area contributed by atoms with Gasteiger partial charge in [-0.25, -0.2) is 0 Å². The Morgan fingerprint density at radius 2 is 1.70 bits per heavy atom. The maximum absolute atomic E-state index is 12.6. The minimum atomic E-state index is -0.298. The molecule has 122 valence electrons. The summed E-state index contributed by atoms with van der Waals surface area (Å²) in [7, 11) is 0. The number of nitrogens with zero attached hydrogens (tertiary/aromatic N) is 2. The van der Waals surface area contributed by atoms with Crippen LogP contribution in [0.4, 0.5) is 5.69 Å². The molecule has 1 atom stereocenters. The molecule has 0 spiro atoms. The lowest BCUT2D eigenvalue weighted by atomic mass is 9.95. The largest absolute Gasteiger partial charge is 0.369 e. The second-order valence-corrected chi connectivity index (χ2v) is 6.24. The molecule has 2 N–H and O–H groups in total. The molecule has 6 heteroatoms. The molecule has 3 amide bonds. The zero-order valence-corrected chi connectivity index (χ0v) is 13.0. The maximum atomic E-state index is 12.6. The molecule has 1 aromatic carbocycles. The third kappa shape index (κ3) is 3.21. The van der Waals surface area contributed by atoms with Crippen molar-refractivity contribution in [3.63, 3.8) is 0 Å². The van der Waals surface area contributed by atoms with Crippen LogP contribution in [0.2, 0.25) is 0 Å². The first-order valence-electron chi connectivity index (χ1n) is 8.00. The van der Waals surface area contributed by atoms with Crippen LogP contribution in [0.5, 0.6) is 0 Å². The van der Waals surface area contributed by atoms with E-state index < -0.39 is 0 Å². The molecule has 6 nitrogen and oxygen atoms in total. The molecular weight excluding hydrogens is 294 g/mol. The van der Waals surface area contributed by atoms with Crippen LogP contribution in [0.3, 0.4) is 0 Å². The zero-order valence-electron chi connectivity index (χ0n) is 13.0. The quantitative estimate of drug-likeness (QED) is 0.894. The van der Waals surface area contributed by atoms with Gasteiger partial charge in [0.1, 0.15) is 0 Å². The minimum Gasteiger partial charge on any atom is -0.369 e. The van der Waals surface area contributed by atoms with Crippen LogP contribution in [0.1, 0.15) is 19.3 Å². The first-order chi connectivity index (χ1) is 11.1. The summed E-state index contributed by atoms with van der Waals surface area (Å²) in [5, 5.41) is 0. The van der Waals surface area contributed by atoms with Crippen LogP contribution in [0.15, 0.2) is 30.3 Å². The van der Waals surface area contributed by atoms with Crippen LogP contribution < -0.4 is 10.6 Å². The van der Waals surface area contributed by atoms with Gasteiger partial charge in [-0.3, -0.25) is 14.4 Å². The highest BCUT2D eigenvalue weighted by atomic mass is 16.2. The molecule has 0 aliphatic carbocycles. The molecule has 0 radical (unpaired) electrons. The molecule has 1 aromatic rings. The maximum Gasteiger partial charge on any atom is 0.228 e. The number of primary amides is 1. The molecule has 0 unspecified atom stereocenters. The van der Waals surface area contributed by atoms with Gasteiger partial charge in [-0.05, 0) is 25.0 Å². The zero-order chi connectivity index (χ0) is 16.4. The molecular formula is C17H21N3O3. The predicted molar refractivity (Wildman–Crippen MR) is 85.4 cm³/mol. The standard InChI is InChI=1S/C17H21N3O3/c18-16(22)12-6-8-19(9-7-12)17(23)13-10-15(21)20(11-13)14-4-2-1-3-5-14/h1-5,12-13H,6-11H2,(H2,18,22)/t13-/m1/s1. The molecule has 2 aliphatic rings. The van der Waals surface area contributed by atoms with Crippen LogP contribution in [-0.2, 0) is 14.4 Å². The molecule has 0 aromatic heterocycles. The molecule has 2 heterocycles. The number of carbonyl (C=O) groups is 3. The van der Waals surface area contributed by atoms with E-state index in [0.29, 0.717) is 32.5 Å². The van der Waals surface area contributed by atoms with E-state index in [4.69, 9.17) is 5.73 Å². The number of benzene rings is 1. The predicted octanol–water partition coefficient (Wildman–Crippen LogP) is 0.763. The van der Waals surface area contributed by atoms with Gasteiger partial charge in [0, 0.05) is 37.7 Å². The van der Waals surface area contributed by atoms with Gasteiger partial charge >= 0.3 is 0 Å². The molecule has 0 bridgehead atoms. The summed E-state index contributed by atoms with van der Waals surface area (Å²) in [5.41, 5.74) is 6.15. The van der Waals surface area contributed by atoms with Crippen molar-refractivity contribution in [2.75, 3.05) is 24.5 Å². The number of piperidine rings is 1. The highest BCUT2D eigenvalue weighted by Crippen LogP contribution is 2.27. The molecule has 2 saturated heterocycles. The Labute approximate surface area is 135 Å². The van der Waals surface area contributed by atoms with Crippen LogP contribution in [-0.4, -0.2) is 42.3 Å². The summed E-state index contributed by atoms with van der Waals surface area (Å²) in [6.45, 7) is 1.52. The molecule has 3 rings (SSSR count). The van der Waals surface area contributed by atoms with Crippen LogP contribution in [0.25, 0.3) is 0 Å². The van der Waals surface area contributed by atoms with E-state index in [2.05, 4.69) is 0 Å². The van der Waals surface area contributed by atoms with Gasteiger partial charge in [0.05, 0.1) is 5.92 Å². The smallest absolute Gasteiger partial charge is 0.228 e. The highest BCUT2D eigenvalue weighted by Gasteiger charge is 2.38. The number of nitrogens with two attached hydrogens (primary N) is 1. The number of anilines is 1. The second-order valence-electron chi connectivity index (χ2n) is 6.24. The van der Waals surface area contributed by atoms with E-state index in [1.807, 2.05) is 30.3 Å². The van der Waals surface area contributed by atoms with Gasteiger partial charge in [-0.15, -0.1) is 0 Å². The monoisotopic (exact) mass is 315 g/mol. The van der Waals surface area contributed by atoms with Gasteiger partial charge in [0.2, 0.25) is 17.7 Å². The Kier molecular flexibility index (Phi) is 4.32. The third-order valence-corrected chi connectivity index (χ3v) is 4.75. The summed E-state index contributed by atoms with van der Waals surface area (Å²) in [6, 6.07) is 9.42. The van der Waals surface area contributed by atoms with Crippen LogP contribution >= 0.6 is 0 Å². The Hall–Kier alpha value is -2.37. The topological polar surface area (TPSA) is 83.7 Å². The Morgan fingerprint density at radius 3 is 2.30 bits per heavy atom. The van der Waals surface area contributed by atoms with Crippen molar-refractivity contribution >= 4 is 23.4 Å². The van der Waals surface area contributed by atoms with Crippen molar-refractivity contribution in [2.24, 2.45) is 17.6 Å². The average molecular weight is 315 g/mol. The molecule has 2 fully saturated rings. The lowest BCUT2D eigenvalue weighted by molar-refractivity contribution is -0.138. The van der Waals surface area contributed by atoms with E-state index >= 15 is 0 Å². The van der Waals surface area contributed by atoms with Gasteiger partial charge < -0.3 is 15.5 Å². The summed E-state index contributed by atoms with van der Waals surface area (Å²) >= 11 is 0. The SMILES string of the molecule is NC(=O)C1CCN(C(=O)[C@@H]2CC(=O)N(c3ccccc3)C2)CC1. The first kappa shape index (κ1) is 15.5. The van der Waals surface area contributed by atoms with Crippen molar-refractivity contribution in [1.82, 2.24) is 4.90 Å². The van der Waals surface area contributed by atoms with E-state index in [0.717, 1.165) is 5.69 Å². The Bertz CT molecular complexity index is 609. The lowest BCUT2D eigenvalue weighted by Crippen LogP contribution is -2.44. The van der Waals surface area contributed by atoms with Crippen molar-refractivity contribution < 1.29 is 14.4 Å². The summed E-state index contributed by atoms with van der Waals surface area (Å²) in [4.78, 5) is 39.5. The number of hydrogen-bond acceptors (Lipinski definition) is 3. The van der Waals surface area contributed by atoms with E-state index in [9.17, 15) is 14.4 Å². The third-order valence-electron chi connectivity index (χ3n) is 4.75. The normalized spacial score (nSPS) is 22.4. The summed E-state index contributed by atoms with van der Waals surface area (Å²) in [5.74, 6) is -0.720. The summed E-state index contributed by atoms with van der Waals surface area (Å²) in [6.07, 6.45) is 1.48. The number of para-hydroxylation sites is 1. The van der Waals surface area contributed by atoms with Gasteiger partial charge in [-0.1, -0.05) is 18.2 Å². The van der Waals surface area contributed by atoms with Gasteiger partial charge in [0.15, 0.2) is 0 Å². The fraction of sp³-hybridized carbons (Fsp3) is 0.471. The second kappa shape index (κ2) is 6.40. The average Bonchev–Trinajstić information content (AvgIpc) is 2.97. The van der Waals surface area contributed by atoms with E-state index in [1.54, 1.807) is 9.80 Å². The highest BCUT2D eigenvalue weighted by molar-refractivity contribution is 6.00. The minimum absolute atomic E-state index is 0.0124. The fourth-order valence-electron chi connectivity index (χ4n) is 3.37. The Balaban J connectivity index is 1.61. The van der Waals surface area contributed by atoms with E-state index in [-0.39, 0.29) is 36.0 Å². The van der Waals surface area contributed by atoms with Crippen LogP contribution in [0, 0.1) is 11.8 Å². The number of likely N-dealkylation sites (tertiary alicyclic amines) is 1. The molecule has 2 aliphatic heterocycles.